The first-order valence-corrected chi connectivity index (χ1v) is 6.86. The molecule has 1 aliphatic carbocycles. The van der Waals surface area contributed by atoms with Gasteiger partial charge in [0.25, 0.3) is 0 Å². The van der Waals surface area contributed by atoms with Gasteiger partial charge in [-0.25, -0.2) is 0 Å². The van der Waals surface area contributed by atoms with Crippen molar-refractivity contribution >= 4 is 17.6 Å². The molecule has 0 N–H and O–H groups in total. The molecule has 1 saturated carbocycles. The molecule has 4 heteroatoms. The van der Waals surface area contributed by atoms with Gasteiger partial charge < -0.3 is 9.47 Å². The summed E-state index contributed by atoms with van der Waals surface area (Å²) in [5, 5.41) is 0.767. The van der Waals surface area contributed by atoms with Gasteiger partial charge in [-0.05, 0) is 56.4 Å². The summed E-state index contributed by atoms with van der Waals surface area (Å²) in [7, 11) is 1.41. The molecule has 0 amide bonds. The van der Waals surface area contributed by atoms with Crippen LogP contribution in [0.2, 0.25) is 5.02 Å². The Kier molecular flexibility index (Phi) is 4.04. The van der Waals surface area contributed by atoms with Crippen molar-refractivity contribution in [2.75, 3.05) is 7.11 Å². The Morgan fingerprint density at radius 1 is 1.32 bits per heavy atom. The Balaban J connectivity index is 2.17. The first-order valence-electron chi connectivity index (χ1n) is 6.48. The van der Waals surface area contributed by atoms with Crippen molar-refractivity contribution in [3.8, 4) is 5.75 Å². The molecule has 0 atom stereocenters. The van der Waals surface area contributed by atoms with Crippen molar-refractivity contribution in [1.29, 1.82) is 0 Å². The number of ether oxygens (including phenoxy) is 2. The predicted octanol–water partition coefficient (Wildman–Crippen LogP) is 3.82. The minimum atomic E-state index is -0.389. The normalized spacial score (nSPS) is 16.6. The fourth-order valence-electron chi connectivity index (χ4n) is 2.44. The number of carbonyl (C=O) groups is 1. The lowest BCUT2D eigenvalue weighted by molar-refractivity contribution is -0.148. The summed E-state index contributed by atoms with van der Waals surface area (Å²) in [5.74, 6) is 0.560. The van der Waals surface area contributed by atoms with Gasteiger partial charge in [0.2, 0.25) is 0 Å². The zero-order valence-corrected chi connectivity index (χ0v) is 12.3. The van der Waals surface area contributed by atoms with Crippen LogP contribution < -0.4 is 4.74 Å². The SMILES string of the molecule is COC(=O)CC1(Oc2cc(C)c(Cl)c(C)c2)CCC1. The van der Waals surface area contributed by atoms with Crippen LogP contribution in [-0.4, -0.2) is 18.7 Å². The van der Waals surface area contributed by atoms with Crippen LogP contribution in [-0.2, 0) is 9.53 Å². The molecule has 1 aromatic carbocycles. The van der Waals surface area contributed by atoms with Crippen molar-refractivity contribution in [2.45, 2.75) is 45.1 Å². The molecule has 0 saturated heterocycles. The van der Waals surface area contributed by atoms with Crippen LogP contribution in [0.5, 0.6) is 5.75 Å². The first kappa shape index (κ1) is 14.2. The molecule has 0 radical (unpaired) electrons. The lowest BCUT2D eigenvalue weighted by atomic mass is 9.77. The highest BCUT2D eigenvalue weighted by atomic mass is 35.5. The summed E-state index contributed by atoms with van der Waals surface area (Å²) in [6.07, 6.45) is 3.18. The molecule has 0 heterocycles. The Morgan fingerprint density at radius 2 is 1.89 bits per heavy atom. The Labute approximate surface area is 118 Å². The van der Waals surface area contributed by atoms with Crippen LogP contribution in [0.15, 0.2) is 12.1 Å². The molecular formula is C15H19ClO3. The van der Waals surface area contributed by atoms with Crippen LogP contribution in [0.1, 0.15) is 36.8 Å². The van der Waals surface area contributed by atoms with Gasteiger partial charge in [-0.2, -0.15) is 0 Å². The van der Waals surface area contributed by atoms with Crippen molar-refractivity contribution < 1.29 is 14.3 Å². The summed E-state index contributed by atoms with van der Waals surface area (Å²) < 4.78 is 10.8. The molecule has 104 valence electrons. The van der Waals surface area contributed by atoms with Gasteiger partial charge in [-0.1, -0.05) is 11.6 Å². The summed E-state index contributed by atoms with van der Waals surface area (Å²) in [5.41, 5.74) is 1.59. The predicted molar refractivity (Wildman–Crippen MR) is 74.8 cm³/mol. The second-order valence-electron chi connectivity index (χ2n) is 5.26. The highest BCUT2D eigenvalue weighted by Gasteiger charge is 2.42. The molecule has 0 spiro atoms. The van der Waals surface area contributed by atoms with Crippen molar-refractivity contribution in [3.63, 3.8) is 0 Å². The molecule has 0 aromatic heterocycles. The topological polar surface area (TPSA) is 35.5 Å². The van der Waals surface area contributed by atoms with Gasteiger partial charge in [0.1, 0.15) is 11.4 Å². The monoisotopic (exact) mass is 282 g/mol. The Morgan fingerprint density at radius 3 is 2.32 bits per heavy atom. The highest BCUT2D eigenvalue weighted by Crippen LogP contribution is 2.40. The van der Waals surface area contributed by atoms with Crippen molar-refractivity contribution in [3.05, 3.63) is 28.3 Å². The smallest absolute Gasteiger partial charge is 0.309 e. The van der Waals surface area contributed by atoms with E-state index in [0.29, 0.717) is 6.42 Å². The minimum Gasteiger partial charge on any atom is -0.487 e. The molecule has 0 unspecified atom stereocenters. The van der Waals surface area contributed by atoms with E-state index in [2.05, 4.69) is 0 Å². The van der Waals surface area contributed by atoms with Crippen molar-refractivity contribution in [1.82, 2.24) is 0 Å². The van der Waals surface area contributed by atoms with E-state index in [1.54, 1.807) is 0 Å². The zero-order valence-electron chi connectivity index (χ0n) is 11.6. The quantitative estimate of drug-likeness (QED) is 0.788. The van der Waals surface area contributed by atoms with Gasteiger partial charge in [-0.15, -0.1) is 0 Å². The molecule has 1 fully saturated rings. The fourth-order valence-corrected chi connectivity index (χ4v) is 2.55. The van der Waals surface area contributed by atoms with E-state index >= 15 is 0 Å². The number of carbonyl (C=O) groups excluding carboxylic acids is 1. The van der Waals surface area contributed by atoms with Crippen LogP contribution in [0.3, 0.4) is 0 Å². The lowest BCUT2D eigenvalue weighted by Crippen LogP contribution is -2.45. The Hall–Kier alpha value is -1.22. The first-order chi connectivity index (χ1) is 8.96. The largest absolute Gasteiger partial charge is 0.487 e. The van der Waals surface area contributed by atoms with E-state index in [-0.39, 0.29) is 11.6 Å². The second kappa shape index (κ2) is 5.41. The average Bonchev–Trinajstić information content (AvgIpc) is 2.32. The maximum absolute atomic E-state index is 11.5. The number of benzene rings is 1. The number of methoxy groups -OCH3 is 1. The second-order valence-corrected chi connectivity index (χ2v) is 5.64. The summed E-state index contributed by atoms with van der Waals surface area (Å²) in [4.78, 5) is 11.5. The molecule has 19 heavy (non-hydrogen) atoms. The fraction of sp³-hybridized carbons (Fsp3) is 0.533. The van der Waals surface area contributed by atoms with Gasteiger partial charge in [0, 0.05) is 5.02 Å². The summed E-state index contributed by atoms with van der Waals surface area (Å²) >= 11 is 6.15. The number of hydrogen-bond donors (Lipinski definition) is 0. The van der Waals surface area contributed by atoms with E-state index in [0.717, 1.165) is 41.2 Å². The molecule has 2 rings (SSSR count). The molecular weight excluding hydrogens is 264 g/mol. The van der Waals surface area contributed by atoms with Gasteiger partial charge in [0.15, 0.2) is 0 Å². The molecule has 0 aliphatic heterocycles. The van der Waals surface area contributed by atoms with Crippen LogP contribution in [0, 0.1) is 13.8 Å². The maximum Gasteiger partial charge on any atom is 0.309 e. The number of esters is 1. The molecule has 1 aromatic rings. The summed E-state index contributed by atoms with van der Waals surface area (Å²) in [6, 6.07) is 3.85. The van der Waals surface area contributed by atoms with E-state index < -0.39 is 0 Å². The number of aryl methyl sites for hydroxylation is 2. The van der Waals surface area contributed by atoms with Gasteiger partial charge in [0.05, 0.1) is 13.5 Å². The third-order valence-corrected chi connectivity index (χ3v) is 4.30. The molecule has 1 aliphatic rings. The minimum absolute atomic E-state index is 0.220. The van der Waals surface area contributed by atoms with Crippen LogP contribution >= 0.6 is 11.6 Å². The third kappa shape index (κ3) is 3.03. The zero-order chi connectivity index (χ0) is 14.0. The number of halogens is 1. The van der Waals surface area contributed by atoms with E-state index in [9.17, 15) is 4.79 Å². The van der Waals surface area contributed by atoms with Crippen LogP contribution in [0.25, 0.3) is 0 Å². The Bertz CT molecular complexity index is 469. The number of hydrogen-bond acceptors (Lipinski definition) is 3. The van der Waals surface area contributed by atoms with Crippen molar-refractivity contribution in [2.24, 2.45) is 0 Å². The van der Waals surface area contributed by atoms with Crippen LogP contribution in [0.4, 0.5) is 0 Å². The highest BCUT2D eigenvalue weighted by molar-refractivity contribution is 6.32. The maximum atomic E-state index is 11.5. The van der Waals surface area contributed by atoms with E-state index in [4.69, 9.17) is 21.1 Å². The average molecular weight is 283 g/mol. The summed E-state index contributed by atoms with van der Waals surface area (Å²) in [6.45, 7) is 3.91. The standard InChI is InChI=1S/C15H19ClO3/c1-10-7-12(8-11(2)14(10)16)19-15(5-4-6-15)9-13(17)18-3/h7-8H,4-6,9H2,1-3H3. The number of rotatable bonds is 4. The molecule has 3 nitrogen and oxygen atoms in total. The van der Waals surface area contributed by atoms with E-state index in [1.165, 1.54) is 7.11 Å². The van der Waals surface area contributed by atoms with Gasteiger partial charge >= 0.3 is 5.97 Å². The third-order valence-electron chi connectivity index (χ3n) is 3.70. The van der Waals surface area contributed by atoms with E-state index in [1.807, 2.05) is 26.0 Å². The molecule has 0 bridgehead atoms. The lowest BCUT2D eigenvalue weighted by Gasteiger charge is -2.41. The van der Waals surface area contributed by atoms with Gasteiger partial charge in [-0.3, -0.25) is 4.79 Å².